The highest BCUT2D eigenvalue weighted by Gasteiger charge is 2.20. The number of benzene rings is 1. The van der Waals surface area contributed by atoms with Gasteiger partial charge in [-0.15, -0.1) is 0 Å². The maximum atomic E-state index is 12.0. The molecule has 1 aromatic rings. The largest absolute Gasteiger partial charge is 0.490 e. The van der Waals surface area contributed by atoms with Gasteiger partial charge in [0.1, 0.15) is 0 Å². The number of ether oxygens (including phenoxy) is 1. The smallest absolute Gasteiger partial charge is 0.310 e. The Morgan fingerprint density at radius 3 is 2.61 bits per heavy atom. The summed E-state index contributed by atoms with van der Waals surface area (Å²) in [6.07, 6.45) is 0.231. The van der Waals surface area contributed by atoms with Gasteiger partial charge in [-0.1, -0.05) is 6.07 Å². The van der Waals surface area contributed by atoms with E-state index in [4.69, 9.17) is 9.26 Å². The van der Waals surface area contributed by atoms with Crippen LogP contribution in [0.2, 0.25) is 0 Å². The summed E-state index contributed by atoms with van der Waals surface area (Å²) >= 11 is 0. The third-order valence-electron chi connectivity index (χ3n) is 2.31. The fraction of sp³-hybridized carbons (Fsp3) is 0.455. The van der Waals surface area contributed by atoms with Crippen molar-refractivity contribution in [2.24, 2.45) is 0 Å². The molecular formula is C11H16NO5P. The van der Waals surface area contributed by atoms with E-state index >= 15 is 0 Å². The first kappa shape index (κ1) is 14.7. The second kappa shape index (κ2) is 5.98. The van der Waals surface area contributed by atoms with E-state index < -0.39 is 12.3 Å². The molecular weight excluding hydrogens is 257 g/mol. The van der Waals surface area contributed by atoms with Gasteiger partial charge in [-0.3, -0.25) is 14.7 Å². The van der Waals surface area contributed by atoms with Crippen molar-refractivity contribution in [3.63, 3.8) is 0 Å². The second-order valence-corrected chi connectivity index (χ2v) is 6.46. The van der Waals surface area contributed by atoms with Crippen molar-refractivity contribution in [2.45, 2.75) is 13.1 Å². The molecule has 1 atom stereocenters. The van der Waals surface area contributed by atoms with Crippen LogP contribution in [0.1, 0.15) is 12.5 Å². The van der Waals surface area contributed by atoms with Gasteiger partial charge in [0, 0.05) is 18.9 Å². The van der Waals surface area contributed by atoms with Crippen molar-refractivity contribution in [1.29, 1.82) is 0 Å². The predicted molar refractivity (Wildman–Crippen MR) is 68.5 cm³/mol. The fourth-order valence-electron chi connectivity index (χ4n) is 1.62. The number of hydrogen-bond acceptors (Lipinski definition) is 5. The first-order valence-corrected chi connectivity index (χ1v) is 7.67. The molecule has 0 aromatic heterocycles. The minimum Gasteiger partial charge on any atom is -0.490 e. The van der Waals surface area contributed by atoms with Crippen LogP contribution in [0.5, 0.6) is 5.75 Å². The topological polar surface area (TPSA) is 78.7 Å². The number of nitrogens with zero attached hydrogens (tertiary/aromatic N) is 1. The van der Waals surface area contributed by atoms with Gasteiger partial charge in [0.15, 0.2) is 5.75 Å². The summed E-state index contributed by atoms with van der Waals surface area (Å²) in [6, 6.07) is 4.43. The van der Waals surface area contributed by atoms with E-state index in [2.05, 4.69) is 0 Å². The van der Waals surface area contributed by atoms with Crippen molar-refractivity contribution in [1.82, 2.24) is 0 Å². The molecule has 7 heteroatoms. The number of hydrogen-bond donors (Lipinski definition) is 0. The van der Waals surface area contributed by atoms with Crippen LogP contribution >= 0.6 is 7.37 Å². The van der Waals surface area contributed by atoms with Crippen LogP contribution in [-0.2, 0) is 15.3 Å². The van der Waals surface area contributed by atoms with Gasteiger partial charge >= 0.3 is 5.69 Å². The number of rotatable bonds is 6. The predicted octanol–water partition coefficient (Wildman–Crippen LogP) is 3.05. The summed E-state index contributed by atoms with van der Waals surface area (Å²) in [5.74, 6) is 0.161. The zero-order valence-electron chi connectivity index (χ0n) is 10.6. The molecule has 18 heavy (non-hydrogen) atoms. The van der Waals surface area contributed by atoms with Crippen molar-refractivity contribution >= 4 is 13.1 Å². The van der Waals surface area contributed by atoms with Gasteiger partial charge < -0.3 is 9.26 Å². The number of nitro groups is 1. The van der Waals surface area contributed by atoms with E-state index in [0.717, 1.165) is 0 Å². The minimum absolute atomic E-state index is 0.108. The molecule has 1 aromatic carbocycles. The molecule has 0 amide bonds. The highest BCUT2D eigenvalue weighted by molar-refractivity contribution is 7.57. The molecule has 0 aliphatic carbocycles. The van der Waals surface area contributed by atoms with E-state index in [1.54, 1.807) is 19.7 Å². The van der Waals surface area contributed by atoms with Crippen LogP contribution in [0.3, 0.4) is 0 Å². The first-order chi connectivity index (χ1) is 8.39. The molecule has 1 unspecified atom stereocenters. The van der Waals surface area contributed by atoms with Gasteiger partial charge in [-0.2, -0.15) is 0 Å². The molecule has 0 N–H and O–H groups in total. The van der Waals surface area contributed by atoms with E-state index in [1.165, 1.54) is 19.2 Å². The Morgan fingerprint density at radius 1 is 1.44 bits per heavy atom. The highest BCUT2D eigenvalue weighted by atomic mass is 31.2. The van der Waals surface area contributed by atoms with Crippen LogP contribution in [0.25, 0.3) is 0 Å². The molecule has 0 saturated heterocycles. The maximum absolute atomic E-state index is 12.0. The highest BCUT2D eigenvalue weighted by Crippen LogP contribution is 2.46. The van der Waals surface area contributed by atoms with E-state index in [9.17, 15) is 14.7 Å². The lowest BCUT2D eigenvalue weighted by Crippen LogP contribution is -1.97. The first-order valence-electron chi connectivity index (χ1n) is 5.42. The average Bonchev–Trinajstić information content (AvgIpc) is 2.27. The summed E-state index contributed by atoms with van der Waals surface area (Å²) < 4.78 is 22.1. The third-order valence-corrected chi connectivity index (χ3v) is 4.06. The molecule has 1 rings (SSSR count). The Kier molecular flexibility index (Phi) is 4.87. The van der Waals surface area contributed by atoms with Gasteiger partial charge in [0.25, 0.3) is 0 Å². The Morgan fingerprint density at radius 2 is 2.11 bits per heavy atom. The molecule has 0 bridgehead atoms. The van der Waals surface area contributed by atoms with Crippen LogP contribution in [-0.4, -0.2) is 25.3 Å². The molecule has 100 valence electrons. The summed E-state index contributed by atoms with van der Waals surface area (Å²) in [5, 5.41) is 10.7. The summed E-state index contributed by atoms with van der Waals surface area (Å²) in [5.41, 5.74) is 0.584. The van der Waals surface area contributed by atoms with Crippen molar-refractivity contribution < 1.29 is 18.7 Å². The second-order valence-electron chi connectivity index (χ2n) is 3.85. The molecule has 0 aliphatic rings. The Bertz CT molecular complexity index is 488. The normalized spacial score (nSPS) is 13.9. The molecule has 0 spiro atoms. The van der Waals surface area contributed by atoms with Crippen LogP contribution in [0.4, 0.5) is 5.69 Å². The molecule has 0 heterocycles. The standard InChI is InChI=1S/C11H16NO5P/c1-4-17-18(3,15)8-9-5-6-10(12(13)14)11(7-9)16-2/h5-7H,4,8H2,1-3H3. The third kappa shape index (κ3) is 3.82. The minimum atomic E-state index is -2.71. The zero-order valence-corrected chi connectivity index (χ0v) is 11.5. The monoisotopic (exact) mass is 273 g/mol. The quantitative estimate of drug-likeness (QED) is 0.452. The fourth-order valence-corrected chi connectivity index (χ4v) is 3.12. The van der Waals surface area contributed by atoms with Gasteiger partial charge in [0.05, 0.1) is 18.6 Å². The summed E-state index contributed by atoms with van der Waals surface area (Å²) in [4.78, 5) is 10.2. The average molecular weight is 273 g/mol. The molecule has 0 aliphatic heterocycles. The van der Waals surface area contributed by atoms with E-state index in [-0.39, 0.29) is 17.6 Å². The zero-order chi connectivity index (χ0) is 13.8. The lowest BCUT2D eigenvalue weighted by molar-refractivity contribution is -0.385. The van der Waals surface area contributed by atoms with Gasteiger partial charge in [0.2, 0.25) is 7.37 Å². The Labute approximate surface area is 106 Å². The van der Waals surface area contributed by atoms with Gasteiger partial charge in [-0.05, 0) is 18.6 Å². The lowest BCUT2D eigenvalue weighted by atomic mass is 10.2. The molecule has 0 saturated carbocycles. The van der Waals surface area contributed by atoms with Crippen LogP contribution in [0, 0.1) is 10.1 Å². The van der Waals surface area contributed by atoms with Crippen molar-refractivity contribution in [3.8, 4) is 5.75 Å². The van der Waals surface area contributed by atoms with Gasteiger partial charge in [-0.25, -0.2) is 0 Å². The van der Waals surface area contributed by atoms with E-state index in [1.807, 2.05) is 0 Å². The maximum Gasteiger partial charge on any atom is 0.310 e. The van der Waals surface area contributed by atoms with Crippen LogP contribution in [0.15, 0.2) is 18.2 Å². The Balaban J connectivity index is 2.99. The Hall–Kier alpha value is -1.39. The SMILES string of the molecule is CCOP(C)(=O)Cc1ccc([N+](=O)[O-])c(OC)c1. The van der Waals surface area contributed by atoms with Crippen molar-refractivity contribution in [2.75, 3.05) is 20.4 Å². The molecule has 6 nitrogen and oxygen atoms in total. The summed E-state index contributed by atoms with van der Waals surface area (Å²) in [6.45, 7) is 3.69. The van der Waals surface area contributed by atoms with Crippen molar-refractivity contribution in [3.05, 3.63) is 33.9 Å². The van der Waals surface area contributed by atoms with Crippen LogP contribution < -0.4 is 4.74 Å². The summed E-state index contributed by atoms with van der Waals surface area (Å²) in [7, 11) is -1.35. The number of methoxy groups -OCH3 is 1. The lowest BCUT2D eigenvalue weighted by Gasteiger charge is -2.13. The molecule has 0 fully saturated rings. The van der Waals surface area contributed by atoms with E-state index in [0.29, 0.717) is 12.2 Å². The molecule has 0 radical (unpaired) electrons. The number of nitro benzene ring substituents is 1.